The minimum atomic E-state index is -1.47. The summed E-state index contributed by atoms with van der Waals surface area (Å²) in [5, 5.41) is 10.6. The summed E-state index contributed by atoms with van der Waals surface area (Å²) in [6.45, 7) is 17.7. The van der Waals surface area contributed by atoms with Crippen molar-refractivity contribution in [3.05, 3.63) is 36.0 Å². The minimum absolute atomic E-state index is 0.0713. The lowest BCUT2D eigenvalue weighted by atomic mass is 9.89. The lowest BCUT2D eigenvalue weighted by Crippen LogP contribution is -2.42. The fraction of sp³-hybridized carbons (Fsp3) is 0.694. The average molecular weight is 685 g/mol. The van der Waals surface area contributed by atoms with Gasteiger partial charge in [-0.2, -0.15) is 0 Å². The van der Waals surface area contributed by atoms with Gasteiger partial charge >= 0.3 is 23.9 Å². The average Bonchev–Trinajstić information content (AvgIpc) is 2.97. The zero-order chi connectivity index (χ0) is 36.5. The highest BCUT2D eigenvalue weighted by Gasteiger charge is 2.35. The predicted octanol–water partition coefficient (Wildman–Crippen LogP) is 6.60. The van der Waals surface area contributed by atoms with Gasteiger partial charge in [-0.15, -0.1) is 11.6 Å². The number of esters is 4. The van der Waals surface area contributed by atoms with Crippen LogP contribution in [0.15, 0.2) is 36.0 Å². The maximum Gasteiger partial charge on any atom is 0.303 e. The predicted molar refractivity (Wildman–Crippen MR) is 181 cm³/mol. The summed E-state index contributed by atoms with van der Waals surface area (Å²) in [6, 6.07) is 0. The minimum Gasteiger partial charge on any atom is -0.463 e. The monoisotopic (exact) mass is 684 g/mol. The molecule has 0 rings (SSSR count). The van der Waals surface area contributed by atoms with Gasteiger partial charge in [0.2, 0.25) is 0 Å². The van der Waals surface area contributed by atoms with E-state index in [2.05, 4.69) is 0 Å². The van der Waals surface area contributed by atoms with E-state index in [1.54, 1.807) is 32.1 Å². The van der Waals surface area contributed by atoms with E-state index >= 15 is 0 Å². The van der Waals surface area contributed by atoms with Crippen molar-refractivity contribution in [2.45, 2.75) is 144 Å². The van der Waals surface area contributed by atoms with E-state index in [1.165, 1.54) is 40.7 Å². The maximum absolute atomic E-state index is 13.1. The first-order chi connectivity index (χ1) is 21.7. The molecule has 0 amide bonds. The molecule has 0 heterocycles. The fourth-order valence-corrected chi connectivity index (χ4v) is 5.45. The molecule has 0 aliphatic carbocycles. The van der Waals surface area contributed by atoms with Crippen LogP contribution in [-0.4, -0.2) is 70.2 Å². The molecule has 47 heavy (non-hydrogen) atoms. The molecular formula is C36H57ClO10. The van der Waals surface area contributed by atoms with Crippen molar-refractivity contribution in [1.29, 1.82) is 0 Å². The molecule has 0 fully saturated rings. The first-order valence-corrected chi connectivity index (χ1v) is 16.8. The lowest BCUT2D eigenvalue weighted by Gasteiger charge is -2.32. The molecule has 0 bridgehead atoms. The number of ether oxygens (including phenoxy) is 4. The second-order valence-corrected chi connectivity index (χ2v) is 13.1. The summed E-state index contributed by atoms with van der Waals surface area (Å²) in [5.41, 5.74) is -0.981. The van der Waals surface area contributed by atoms with Gasteiger partial charge in [-0.1, -0.05) is 58.9 Å². The maximum atomic E-state index is 13.1. The number of aliphatic hydroxyl groups is 1. The zero-order valence-electron chi connectivity index (χ0n) is 30.0. The zero-order valence-corrected chi connectivity index (χ0v) is 30.8. The number of carbonyl (C=O) groups excluding carboxylic acids is 5. The largest absolute Gasteiger partial charge is 0.463 e. The van der Waals surface area contributed by atoms with Crippen molar-refractivity contribution in [2.24, 2.45) is 17.8 Å². The molecule has 0 aromatic heterocycles. The Kier molecular flexibility index (Phi) is 20.4. The Morgan fingerprint density at radius 3 is 1.79 bits per heavy atom. The van der Waals surface area contributed by atoms with Crippen molar-refractivity contribution < 1.29 is 48.0 Å². The van der Waals surface area contributed by atoms with Gasteiger partial charge in [-0.05, 0) is 63.5 Å². The van der Waals surface area contributed by atoms with Crippen LogP contribution in [0.1, 0.15) is 108 Å². The molecular weight excluding hydrogens is 628 g/mol. The molecule has 0 saturated heterocycles. The Morgan fingerprint density at radius 1 is 0.766 bits per heavy atom. The number of alkyl halides is 1. The standard InChI is InChI=1S/C36H57ClO10/c1-12-30(44-26(7)38)19-20-36(11,43)33(47-29(10)41)18-17-24(5)35(42)23(4)16-14-15-22(3)21-32(46-28(9)40)34(37)25(6)31(13-2)45-27(8)39/h14-18,22,24-25,30-34,43H,12-13,19-21H2,1-11H3/b15-14+,18-17+,23-16+. The molecule has 268 valence electrons. The van der Waals surface area contributed by atoms with Gasteiger partial charge in [0, 0.05) is 39.5 Å². The Hall–Kier alpha value is -2.98. The van der Waals surface area contributed by atoms with Crippen LogP contribution in [0, 0.1) is 17.8 Å². The number of halogens is 1. The highest BCUT2D eigenvalue weighted by molar-refractivity contribution is 6.21. The van der Waals surface area contributed by atoms with E-state index in [9.17, 15) is 29.1 Å². The summed E-state index contributed by atoms with van der Waals surface area (Å²) < 4.78 is 21.6. The van der Waals surface area contributed by atoms with Crippen molar-refractivity contribution in [2.75, 3.05) is 0 Å². The van der Waals surface area contributed by atoms with E-state index in [4.69, 9.17) is 30.5 Å². The second-order valence-electron chi connectivity index (χ2n) is 12.6. The molecule has 10 nitrogen and oxygen atoms in total. The third-order valence-corrected chi connectivity index (χ3v) is 8.59. The summed E-state index contributed by atoms with van der Waals surface area (Å²) in [5.74, 6) is -2.93. The number of hydrogen-bond acceptors (Lipinski definition) is 10. The Labute approximate surface area is 286 Å². The molecule has 0 aromatic rings. The number of allylic oxidation sites excluding steroid dienone is 5. The van der Waals surface area contributed by atoms with Crippen LogP contribution >= 0.6 is 11.6 Å². The number of ketones is 1. The van der Waals surface area contributed by atoms with E-state index in [1.807, 2.05) is 33.8 Å². The topological polar surface area (TPSA) is 143 Å². The van der Waals surface area contributed by atoms with Gasteiger partial charge in [0.05, 0.1) is 5.38 Å². The normalized spacial score (nSPS) is 18.6. The highest BCUT2D eigenvalue weighted by atomic mass is 35.5. The van der Waals surface area contributed by atoms with E-state index < -0.39 is 59.1 Å². The molecule has 0 radical (unpaired) electrons. The fourth-order valence-electron chi connectivity index (χ4n) is 5.14. The molecule has 1 N–H and O–H groups in total. The number of hydrogen-bond donors (Lipinski definition) is 1. The van der Waals surface area contributed by atoms with Crippen molar-refractivity contribution >= 4 is 41.3 Å². The molecule has 0 aromatic carbocycles. The van der Waals surface area contributed by atoms with E-state index in [0.717, 1.165) is 0 Å². The molecule has 9 unspecified atom stereocenters. The number of rotatable bonds is 21. The van der Waals surface area contributed by atoms with Gasteiger partial charge in [0.25, 0.3) is 0 Å². The van der Waals surface area contributed by atoms with Crippen molar-refractivity contribution in [3.63, 3.8) is 0 Å². The van der Waals surface area contributed by atoms with Crippen LogP contribution in [0.4, 0.5) is 0 Å². The van der Waals surface area contributed by atoms with Gasteiger partial charge in [-0.3, -0.25) is 24.0 Å². The molecule has 0 spiro atoms. The van der Waals surface area contributed by atoms with Crippen LogP contribution < -0.4 is 0 Å². The molecule has 0 saturated carbocycles. The molecule has 0 aliphatic heterocycles. The van der Waals surface area contributed by atoms with E-state index in [-0.39, 0.29) is 30.1 Å². The summed E-state index contributed by atoms with van der Waals surface area (Å²) in [6.07, 6.45) is 8.15. The Bertz CT molecular complexity index is 1120. The Morgan fingerprint density at radius 2 is 1.30 bits per heavy atom. The van der Waals surface area contributed by atoms with Crippen LogP contribution in [0.3, 0.4) is 0 Å². The van der Waals surface area contributed by atoms with Crippen molar-refractivity contribution in [3.8, 4) is 0 Å². The third-order valence-electron chi connectivity index (χ3n) is 7.91. The molecule has 0 aliphatic rings. The molecule has 11 heteroatoms. The van der Waals surface area contributed by atoms with Crippen LogP contribution in [0.5, 0.6) is 0 Å². The first-order valence-electron chi connectivity index (χ1n) is 16.4. The lowest BCUT2D eigenvalue weighted by molar-refractivity contribution is -0.157. The van der Waals surface area contributed by atoms with Gasteiger partial charge in [0.15, 0.2) is 5.78 Å². The van der Waals surface area contributed by atoms with E-state index in [0.29, 0.717) is 31.3 Å². The van der Waals surface area contributed by atoms with Crippen LogP contribution in [0.2, 0.25) is 0 Å². The third kappa shape index (κ3) is 17.7. The van der Waals surface area contributed by atoms with Gasteiger partial charge in [0.1, 0.15) is 30.0 Å². The quantitative estimate of drug-likeness (QED) is 0.0351. The summed E-state index contributed by atoms with van der Waals surface area (Å²) in [4.78, 5) is 59.6. The Balaban J connectivity index is 5.60. The SMILES string of the molecule is CCC(CCC(C)(O)C(/C=C/C(C)C(=O)/C(C)=C/C=C/C(C)CC(OC(C)=O)C(Cl)C(C)C(CC)OC(C)=O)OC(C)=O)OC(C)=O. The number of carbonyl (C=O) groups is 5. The van der Waals surface area contributed by atoms with Crippen LogP contribution in [-0.2, 0) is 42.9 Å². The first kappa shape index (κ1) is 44.0. The smallest absolute Gasteiger partial charge is 0.303 e. The summed E-state index contributed by atoms with van der Waals surface area (Å²) in [7, 11) is 0. The second kappa shape index (κ2) is 21.8. The van der Waals surface area contributed by atoms with Crippen molar-refractivity contribution in [1.82, 2.24) is 0 Å². The molecule has 9 atom stereocenters. The number of Topliss-reactive ketones (excluding diaryl/α,β-unsaturated/α-hetero) is 1. The van der Waals surface area contributed by atoms with Crippen LogP contribution in [0.25, 0.3) is 0 Å². The van der Waals surface area contributed by atoms with Gasteiger partial charge in [-0.25, -0.2) is 0 Å². The highest BCUT2D eigenvalue weighted by Crippen LogP contribution is 2.29. The summed E-state index contributed by atoms with van der Waals surface area (Å²) >= 11 is 6.75. The van der Waals surface area contributed by atoms with Gasteiger partial charge < -0.3 is 24.1 Å².